The van der Waals surface area contributed by atoms with E-state index >= 15 is 0 Å². The van der Waals surface area contributed by atoms with Crippen LogP contribution in [0.25, 0.3) is 0 Å². The van der Waals surface area contributed by atoms with E-state index in [0.29, 0.717) is 56.9 Å². The molecule has 63 heavy (non-hydrogen) atoms. The number of nitrogens with zero attached hydrogens (tertiary/aromatic N) is 1. The zero-order valence-corrected chi connectivity index (χ0v) is 39.8. The number of hydrogen-bond acceptors (Lipinski definition) is 12. The highest BCUT2D eigenvalue weighted by atomic mass is 16.7. The molecule has 2 bridgehead atoms. The van der Waals surface area contributed by atoms with Crippen LogP contribution in [-0.2, 0) is 42.9 Å². The Bertz CT molecular complexity index is 1590. The van der Waals surface area contributed by atoms with Gasteiger partial charge in [0.1, 0.15) is 24.0 Å². The Kier molecular flexibility index (Phi) is 21.2. The monoisotopic (exact) mass is 888 g/mol. The maximum absolute atomic E-state index is 14.5. The van der Waals surface area contributed by atoms with E-state index in [1.165, 1.54) is 11.3 Å². The zero-order valence-electron chi connectivity index (χ0n) is 39.8. The van der Waals surface area contributed by atoms with E-state index in [9.17, 15) is 34.5 Å². The summed E-state index contributed by atoms with van der Waals surface area (Å²) >= 11 is 0. The molecule has 1 amide bonds. The van der Waals surface area contributed by atoms with Gasteiger partial charge in [0, 0.05) is 52.0 Å². The minimum atomic E-state index is -2.51. The van der Waals surface area contributed by atoms with E-state index < -0.39 is 83.9 Å². The molecule has 3 fully saturated rings. The molecule has 358 valence electrons. The molecule has 14 atom stereocenters. The van der Waals surface area contributed by atoms with Crippen molar-refractivity contribution >= 4 is 23.4 Å². The molecule has 0 unspecified atom stereocenters. The minimum absolute atomic E-state index is 0.00958. The number of ketones is 2. The molecular formula is C50H81NO12. The van der Waals surface area contributed by atoms with Crippen LogP contribution in [0.4, 0.5) is 0 Å². The second-order valence-corrected chi connectivity index (χ2v) is 19.3. The molecule has 1 aliphatic carbocycles. The minimum Gasteiger partial charge on any atom is -0.456 e. The molecule has 0 spiro atoms. The summed E-state index contributed by atoms with van der Waals surface area (Å²) in [6, 6.07) is -1.14. The van der Waals surface area contributed by atoms with E-state index in [4.69, 9.17) is 23.7 Å². The Hall–Kier alpha value is -2.78. The summed E-state index contributed by atoms with van der Waals surface area (Å²) in [7, 11) is 4.65. The van der Waals surface area contributed by atoms with Crippen molar-refractivity contribution in [3.8, 4) is 0 Å². The van der Waals surface area contributed by atoms with Crippen LogP contribution in [0.15, 0.2) is 35.5 Å². The third-order valence-corrected chi connectivity index (χ3v) is 14.2. The predicted molar refractivity (Wildman–Crippen MR) is 240 cm³/mol. The van der Waals surface area contributed by atoms with E-state index in [-0.39, 0.29) is 49.5 Å². The number of cyclic esters (lactones) is 1. The van der Waals surface area contributed by atoms with Crippen molar-refractivity contribution in [2.24, 2.45) is 29.6 Å². The van der Waals surface area contributed by atoms with Gasteiger partial charge in [-0.05, 0) is 108 Å². The highest BCUT2D eigenvalue weighted by molar-refractivity contribution is 6.39. The number of carbonyl (C=O) groups is 4. The molecule has 0 aromatic rings. The van der Waals surface area contributed by atoms with Crippen molar-refractivity contribution in [3.05, 3.63) is 35.5 Å². The Morgan fingerprint density at radius 2 is 1.57 bits per heavy atom. The molecule has 2 saturated heterocycles. The predicted octanol–water partition coefficient (Wildman–Crippen LogP) is 6.98. The summed E-state index contributed by atoms with van der Waals surface area (Å²) in [5, 5.41) is 34.5. The zero-order chi connectivity index (χ0) is 46.4. The summed E-state index contributed by atoms with van der Waals surface area (Å²) in [6.07, 6.45) is 13.3. The number of unbranched alkanes of at least 4 members (excludes halogenated alkanes) is 4. The van der Waals surface area contributed by atoms with Gasteiger partial charge >= 0.3 is 5.97 Å². The molecule has 3 N–H and O–H groups in total. The fourth-order valence-corrected chi connectivity index (χ4v) is 10.3. The third kappa shape index (κ3) is 14.1. The van der Waals surface area contributed by atoms with Crippen LogP contribution in [0, 0.1) is 29.6 Å². The number of fused-ring (bicyclic) bond motifs is 3. The van der Waals surface area contributed by atoms with Crippen LogP contribution >= 0.6 is 0 Å². The lowest BCUT2D eigenvalue weighted by Crippen LogP contribution is -2.64. The van der Waals surface area contributed by atoms with Crippen molar-refractivity contribution in [2.75, 3.05) is 27.9 Å². The van der Waals surface area contributed by atoms with Gasteiger partial charge in [-0.25, -0.2) is 4.79 Å². The number of aliphatic hydroxyl groups excluding tert-OH is 2. The third-order valence-electron chi connectivity index (χ3n) is 14.2. The number of Topliss-reactive ketones (excluding diaryl/α,β-unsaturated/α-hetero) is 2. The summed E-state index contributed by atoms with van der Waals surface area (Å²) in [5.41, 5.74) is 1.66. The average molecular weight is 888 g/mol. The molecule has 0 aromatic carbocycles. The first-order valence-electron chi connectivity index (χ1n) is 23.9. The molecule has 4 aliphatic rings. The number of allylic oxidation sites excluding steroid dienone is 5. The second kappa shape index (κ2) is 25.2. The standard InChI is InChI=1S/C50H81NO12/c1-10-11-12-13-14-15-16-19-37-25-31(2)24-32(3)26-43(60-8)46-44(61-9)28-34(5)50(58,63-46)47(55)48(56)51-23-18-17-20-38(51)49(57)62-45(35(6)40(53)30-41(37)54)33(4)27-36-21-22-39(52)42(29-36)59-7/h15-16,25,27,32,34-40,42-46,52-53,58H,10-14,17-24,26,28-30H2,1-9H3/b16-15+,31-25+,33-27+/t32-,34+,35+,36-,37+,38-,39+,40-,42+,43-,44-,45+,46+,50+/m0/s1. The summed E-state index contributed by atoms with van der Waals surface area (Å²) in [4.78, 5) is 58.6. The number of esters is 1. The van der Waals surface area contributed by atoms with E-state index in [0.717, 1.165) is 31.3 Å². The van der Waals surface area contributed by atoms with Crippen molar-refractivity contribution in [1.82, 2.24) is 4.90 Å². The molecule has 13 heteroatoms. The summed E-state index contributed by atoms with van der Waals surface area (Å²) in [6.45, 7) is 11.6. The Morgan fingerprint density at radius 3 is 2.25 bits per heavy atom. The molecule has 4 rings (SSSR count). The van der Waals surface area contributed by atoms with Crippen LogP contribution in [0.3, 0.4) is 0 Å². The number of carbonyl (C=O) groups excluding carboxylic acids is 4. The van der Waals surface area contributed by atoms with Crippen LogP contribution in [-0.4, -0.2) is 126 Å². The number of rotatable bonds is 12. The van der Waals surface area contributed by atoms with Gasteiger partial charge < -0.3 is 43.9 Å². The summed E-state index contributed by atoms with van der Waals surface area (Å²) < 4.78 is 30.0. The first kappa shape index (κ1) is 52.8. The van der Waals surface area contributed by atoms with Crippen LogP contribution in [0.5, 0.6) is 0 Å². The number of aliphatic hydroxyl groups is 3. The molecule has 3 aliphatic heterocycles. The molecule has 0 aromatic heterocycles. The smallest absolute Gasteiger partial charge is 0.329 e. The van der Waals surface area contributed by atoms with Gasteiger partial charge in [0.15, 0.2) is 0 Å². The number of hydrogen-bond donors (Lipinski definition) is 3. The fraction of sp³-hybridized carbons (Fsp3) is 0.800. The first-order chi connectivity index (χ1) is 30.0. The van der Waals surface area contributed by atoms with Gasteiger partial charge in [0.05, 0.1) is 30.5 Å². The maximum atomic E-state index is 14.5. The molecule has 3 heterocycles. The number of amides is 1. The van der Waals surface area contributed by atoms with Crippen molar-refractivity contribution in [2.45, 2.75) is 199 Å². The van der Waals surface area contributed by atoms with Gasteiger partial charge in [0.25, 0.3) is 11.7 Å². The highest BCUT2D eigenvalue weighted by Crippen LogP contribution is 2.39. The lowest BCUT2D eigenvalue weighted by molar-refractivity contribution is -0.302. The molecular weight excluding hydrogens is 807 g/mol. The van der Waals surface area contributed by atoms with Crippen LogP contribution in [0.1, 0.15) is 144 Å². The molecule has 13 nitrogen and oxygen atoms in total. The number of methoxy groups -OCH3 is 3. The Balaban J connectivity index is 1.77. The van der Waals surface area contributed by atoms with Gasteiger partial charge in [-0.3, -0.25) is 14.4 Å². The Labute approximate surface area is 377 Å². The van der Waals surface area contributed by atoms with Gasteiger partial charge in [0.2, 0.25) is 5.79 Å². The SMILES string of the molecule is CCCCCC/C=C/C[C@@H]1/C=C(\C)C[C@H](C)C[C@H](OC)[C@H]2O[C@@](O)(C(=O)C(=O)N3CCCC[C@H]3C(=O)O[C@H](/C(C)=C/[C@@H]3CC[C@@H](O)[C@H](OC)C3)[C@H](C)[C@@H](O)CC1=O)[C@H](C)C[C@@H]2OC. The van der Waals surface area contributed by atoms with Crippen molar-refractivity contribution in [3.63, 3.8) is 0 Å². The van der Waals surface area contributed by atoms with E-state index in [1.54, 1.807) is 35.2 Å². The summed E-state index contributed by atoms with van der Waals surface area (Å²) in [5.74, 6) is -7.64. The van der Waals surface area contributed by atoms with Crippen molar-refractivity contribution < 1.29 is 58.2 Å². The van der Waals surface area contributed by atoms with Crippen molar-refractivity contribution in [1.29, 1.82) is 0 Å². The van der Waals surface area contributed by atoms with E-state index in [2.05, 4.69) is 26.0 Å². The fourth-order valence-electron chi connectivity index (χ4n) is 10.3. The second-order valence-electron chi connectivity index (χ2n) is 19.3. The highest BCUT2D eigenvalue weighted by Gasteiger charge is 2.56. The quantitative estimate of drug-likeness (QED) is 0.0794. The maximum Gasteiger partial charge on any atom is 0.329 e. The topological polar surface area (TPSA) is 178 Å². The Morgan fingerprint density at radius 1 is 0.873 bits per heavy atom. The average Bonchev–Trinajstić information content (AvgIpc) is 3.26. The molecule has 1 saturated carbocycles. The van der Waals surface area contributed by atoms with Gasteiger partial charge in [-0.2, -0.15) is 0 Å². The lowest BCUT2D eigenvalue weighted by Gasteiger charge is -2.47. The normalized spacial score (nSPS) is 38.4. The van der Waals surface area contributed by atoms with Crippen LogP contribution < -0.4 is 0 Å². The number of ether oxygens (including phenoxy) is 5. The van der Waals surface area contributed by atoms with Gasteiger partial charge in [-0.15, -0.1) is 0 Å². The largest absolute Gasteiger partial charge is 0.456 e. The first-order valence-corrected chi connectivity index (χ1v) is 23.9. The van der Waals surface area contributed by atoms with E-state index in [1.807, 2.05) is 26.0 Å². The number of piperidine rings is 1. The van der Waals surface area contributed by atoms with Gasteiger partial charge in [-0.1, -0.05) is 76.8 Å². The lowest BCUT2D eigenvalue weighted by atomic mass is 9.81. The molecule has 0 radical (unpaired) electrons. The van der Waals surface area contributed by atoms with Crippen LogP contribution in [0.2, 0.25) is 0 Å².